The van der Waals surface area contributed by atoms with Crippen LogP contribution in [0.15, 0.2) is 72.8 Å². The van der Waals surface area contributed by atoms with E-state index in [0.29, 0.717) is 0 Å². The number of fused-ring (bicyclic) bond motifs is 1. The second-order valence-electron chi connectivity index (χ2n) is 11.1. The Balaban J connectivity index is 1.64. The van der Waals surface area contributed by atoms with Crippen molar-refractivity contribution in [1.82, 2.24) is 0 Å². The molecule has 3 aromatic rings. The lowest BCUT2D eigenvalue weighted by molar-refractivity contribution is 0.00578. The summed E-state index contributed by atoms with van der Waals surface area (Å²) >= 11 is 0. The van der Waals surface area contributed by atoms with Crippen LogP contribution in [0.1, 0.15) is 61.8 Å². The molecule has 1 saturated heterocycles. The van der Waals surface area contributed by atoms with Crippen LogP contribution in [0.3, 0.4) is 0 Å². The van der Waals surface area contributed by atoms with E-state index in [-0.39, 0.29) is 31.6 Å². The second kappa shape index (κ2) is 10.2. The highest BCUT2D eigenvalue weighted by Crippen LogP contribution is 2.55. The lowest BCUT2D eigenvalue weighted by atomic mass is 9.52. The van der Waals surface area contributed by atoms with Crippen molar-refractivity contribution in [3.05, 3.63) is 95.1 Å². The summed E-state index contributed by atoms with van der Waals surface area (Å²) in [5, 5.41) is 0. The van der Waals surface area contributed by atoms with E-state index < -0.39 is 11.2 Å². The zero-order valence-corrected chi connectivity index (χ0v) is 22.7. The molecule has 3 aromatic carbocycles. The van der Waals surface area contributed by atoms with Crippen molar-refractivity contribution < 1.29 is 23.5 Å². The Morgan fingerprint density at radius 1 is 0.811 bits per heavy atom. The van der Waals surface area contributed by atoms with Gasteiger partial charge in [-0.05, 0) is 86.6 Å². The molecule has 1 aliphatic heterocycles. The molecule has 2 aliphatic rings. The van der Waals surface area contributed by atoms with Gasteiger partial charge in [-0.2, -0.15) is 0 Å². The summed E-state index contributed by atoms with van der Waals surface area (Å²) in [6.07, 6.45) is 0.842. The Labute approximate surface area is 221 Å². The van der Waals surface area contributed by atoms with Crippen LogP contribution in [-0.4, -0.2) is 39.3 Å². The van der Waals surface area contributed by atoms with E-state index >= 15 is 0 Å². The molecule has 5 rings (SSSR count). The lowest BCUT2D eigenvalue weighted by Crippen LogP contribution is -2.41. The molecule has 1 fully saturated rings. The minimum atomic E-state index is -0.399. The standard InChI is InChI=1S/C31H37BO5/c1-30(2)31(3,4)37-32(36-30)27-19-23-18-25(34-6)16-17-26(23)28(29(27)21-10-8-7-9-11-21)22-12-14-24(15-13-22)35-20-33-5/h7-18,27-29H,19-20H2,1-6H3/t27-,28-,29+/m0/s1. The Bertz CT molecular complexity index is 1190. The van der Waals surface area contributed by atoms with Crippen LogP contribution < -0.4 is 9.47 Å². The molecular formula is C31H37BO5. The summed E-state index contributed by atoms with van der Waals surface area (Å²) in [6, 6.07) is 25.7. The zero-order valence-electron chi connectivity index (χ0n) is 22.7. The molecule has 0 spiro atoms. The van der Waals surface area contributed by atoms with Gasteiger partial charge in [0, 0.05) is 18.8 Å². The molecule has 0 saturated carbocycles. The summed E-state index contributed by atoms with van der Waals surface area (Å²) in [4.78, 5) is 0. The van der Waals surface area contributed by atoms with E-state index in [9.17, 15) is 0 Å². The van der Waals surface area contributed by atoms with Gasteiger partial charge in [-0.15, -0.1) is 0 Å². The quantitative estimate of drug-likeness (QED) is 0.270. The third-order valence-electron chi connectivity index (χ3n) is 8.35. The van der Waals surface area contributed by atoms with Crippen LogP contribution in [0.25, 0.3) is 0 Å². The molecule has 1 heterocycles. The van der Waals surface area contributed by atoms with E-state index in [4.69, 9.17) is 23.5 Å². The van der Waals surface area contributed by atoms with Crippen LogP contribution in [0.5, 0.6) is 11.5 Å². The molecule has 0 aromatic heterocycles. The molecule has 5 nitrogen and oxygen atoms in total. The van der Waals surface area contributed by atoms with Crippen molar-refractivity contribution in [1.29, 1.82) is 0 Å². The molecule has 0 amide bonds. The van der Waals surface area contributed by atoms with Crippen LogP contribution in [-0.2, 0) is 20.5 Å². The van der Waals surface area contributed by atoms with Gasteiger partial charge in [-0.3, -0.25) is 0 Å². The molecule has 6 heteroatoms. The number of hydrogen-bond acceptors (Lipinski definition) is 5. The van der Waals surface area contributed by atoms with Gasteiger partial charge in [0.25, 0.3) is 0 Å². The van der Waals surface area contributed by atoms with E-state index in [0.717, 1.165) is 17.9 Å². The van der Waals surface area contributed by atoms with Crippen molar-refractivity contribution in [2.75, 3.05) is 21.0 Å². The number of benzene rings is 3. The minimum absolute atomic E-state index is 0.109. The van der Waals surface area contributed by atoms with Gasteiger partial charge in [0.1, 0.15) is 11.5 Å². The van der Waals surface area contributed by atoms with Crippen LogP contribution in [0, 0.1) is 0 Å². The fourth-order valence-corrected chi connectivity index (χ4v) is 5.74. The first-order valence-electron chi connectivity index (χ1n) is 13.0. The summed E-state index contributed by atoms with van der Waals surface area (Å²) < 4.78 is 29.8. The molecule has 0 unspecified atom stereocenters. The van der Waals surface area contributed by atoms with Gasteiger partial charge in [0.2, 0.25) is 0 Å². The smallest absolute Gasteiger partial charge is 0.462 e. The maximum absolute atomic E-state index is 6.69. The Hall–Kier alpha value is -2.80. The van der Waals surface area contributed by atoms with Crippen molar-refractivity contribution in [2.24, 2.45) is 0 Å². The van der Waals surface area contributed by atoms with E-state index in [1.54, 1.807) is 14.2 Å². The predicted molar refractivity (Wildman–Crippen MR) is 147 cm³/mol. The van der Waals surface area contributed by atoms with Gasteiger partial charge in [-0.25, -0.2) is 0 Å². The summed E-state index contributed by atoms with van der Waals surface area (Å²) in [5.74, 6) is 2.03. The highest BCUT2D eigenvalue weighted by Gasteiger charge is 2.57. The van der Waals surface area contributed by atoms with Crippen molar-refractivity contribution in [3.63, 3.8) is 0 Å². The van der Waals surface area contributed by atoms with Crippen LogP contribution in [0.4, 0.5) is 0 Å². The monoisotopic (exact) mass is 500 g/mol. The summed E-state index contributed by atoms with van der Waals surface area (Å²) in [6.45, 7) is 8.73. The first kappa shape index (κ1) is 25.8. The Kier molecular flexibility index (Phi) is 7.10. The molecule has 1 aliphatic carbocycles. The van der Waals surface area contributed by atoms with Crippen LogP contribution >= 0.6 is 0 Å². The largest absolute Gasteiger partial charge is 0.497 e. The number of rotatable bonds is 7. The fraction of sp³-hybridized carbons (Fsp3) is 0.419. The molecule has 0 bridgehead atoms. The van der Waals surface area contributed by atoms with E-state index in [1.807, 2.05) is 12.1 Å². The first-order chi connectivity index (χ1) is 17.7. The van der Waals surface area contributed by atoms with Crippen LogP contribution in [0.2, 0.25) is 5.82 Å². The summed E-state index contributed by atoms with van der Waals surface area (Å²) in [7, 11) is 3.02. The maximum Gasteiger partial charge on any atom is 0.462 e. The third kappa shape index (κ3) is 4.90. The molecular weight excluding hydrogens is 463 g/mol. The molecule has 194 valence electrons. The number of ether oxygens (including phenoxy) is 3. The summed E-state index contributed by atoms with van der Waals surface area (Å²) in [5.41, 5.74) is 4.30. The van der Waals surface area contributed by atoms with Gasteiger partial charge >= 0.3 is 7.12 Å². The Morgan fingerprint density at radius 3 is 2.08 bits per heavy atom. The third-order valence-corrected chi connectivity index (χ3v) is 8.35. The van der Waals surface area contributed by atoms with Crippen molar-refractivity contribution >= 4 is 7.12 Å². The van der Waals surface area contributed by atoms with E-state index in [1.165, 1.54) is 22.3 Å². The first-order valence-corrected chi connectivity index (χ1v) is 13.0. The fourth-order valence-electron chi connectivity index (χ4n) is 5.74. The normalized spacial score (nSPS) is 23.9. The SMILES string of the molecule is COCOc1ccc([C@H]2c3ccc(OC)cc3C[C@H](B3OC(C)(C)C(C)(C)O3)[C@H]2c2ccccc2)cc1. The molecule has 0 N–H and O–H groups in total. The number of hydrogen-bond donors (Lipinski definition) is 0. The van der Waals surface area contributed by atoms with Gasteiger partial charge < -0.3 is 23.5 Å². The van der Waals surface area contributed by atoms with Gasteiger partial charge in [-0.1, -0.05) is 48.5 Å². The highest BCUT2D eigenvalue weighted by atomic mass is 16.7. The average molecular weight is 500 g/mol. The zero-order chi connectivity index (χ0) is 26.2. The molecule has 0 radical (unpaired) electrons. The number of methoxy groups -OCH3 is 2. The maximum atomic E-state index is 6.69. The predicted octanol–water partition coefficient (Wildman–Crippen LogP) is 6.61. The minimum Gasteiger partial charge on any atom is -0.497 e. The average Bonchev–Trinajstić information content (AvgIpc) is 3.13. The highest BCUT2D eigenvalue weighted by molar-refractivity contribution is 6.48. The Morgan fingerprint density at radius 2 is 1.46 bits per heavy atom. The second-order valence-corrected chi connectivity index (χ2v) is 11.1. The van der Waals surface area contributed by atoms with Crippen molar-refractivity contribution in [3.8, 4) is 11.5 Å². The van der Waals surface area contributed by atoms with Gasteiger partial charge in [0.05, 0.1) is 18.3 Å². The lowest BCUT2D eigenvalue weighted by Gasteiger charge is -2.41. The molecule has 37 heavy (non-hydrogen) atoms. The topological polar surface area (TPSA) is 46.2 Å². The van der Waals surface area contributed by atoms with Crippen molar-refractivity contribution in [2.45, 2.75) is 63.0 Å². The van der Waals surface area contributed by atoms with E-state index in [2.05, 4.69) is 88.4 Å². The van der Waals surface area contributed by atoms with Gasteiger partial charge in [0.15, 0.2) is 6.79 Å². The molecule has 3 atom stereocenters.